The van der Waals surface area contributed by atoms with E-state index in [1.54, 1.807) is 11.3 Å². The molecule has 1 aliphatic carbocycles. The lowest BCUT2D eigenvalue weighted by atomic mass is 9.82. The van der Waals surface area contributed by atoms with Crippen molar-refractivity contribution in [3.63, 3.8) is 0 Å². The zero-order chi connectivity index (χ0) is 22.2. The zero-order valence-corrected chi connectivity index (χ0v) is 17.0. The number of nitrogens with one attached hydrogen (secondary N) is 1. The quantitative estimate of drug-likeness (QED) is 0.627. The molecule has 3 aromatic rings. The first-order valence-electron chi connectivity index (χ1n) is 9.80. The first kappa shape index (κ1) is 21.2. The number of alkyl halides is 3. The second kappa shape index (κ2) is 7.88. The molecule has 0 amide bonds. The van der Waals surface area contributed by atoms with Gasteiger partial charge in [-0.25, -0.2) is 4.98 Å². The van der Waals surface area contributed by atoms with Crippen molar-refractivity contribution in [2.75, 3.05) is 12.4 Å². The molecular formula is C20H22F3N5O3. The minimum absolute atomic E-state index is 0.0901. The Morgan fingerprint density at radius 3 is 2.77 bits per heavy atom. The molecule has 31 heavy (non-hydrogen) atoms. The standard InChI is InChI=1S/C20H22F3N5O3/c1-19(29)8-4-3-5-16(19)25-18-27-26-17(14-10-24-11-28(14)18)13-7-6-12(30-2)9-15(13)31-20(21,22)23/h6-7,9-11,16,29H,3-5,8H2,1-2H3,(H,25,27)/t16-,19-/m0/s1. The van der Waals surface area contributed by atoms with E-state index < -0.39 is 17.7 Å². The van der Waals surface area contributed by atoms with Gasteiger partial charge in [0.05, 0.1) is 30.5 Å². The molecule has 0 aliphatic heterocycles. The Bertz CT molecular complexity index is 1080. The Morgan fingerprint density at radius 2 is 2.06 bits per heavy atom. The summed E-state index contributed by atoms with van der Waals surface area (Å²) in [5.41, 5.74) is -0.215. The van der Waals surface area contributed by atoms with Gasteiger partial charge >= 0.3 is 6.36 Å². The highest BCUT2D eigenvalue weighted by atomic mass is 19.4. The number of aliphatic hydroxyl groups is 1. The third kappa shape index (κ3) is 4.36. The maximum absolute atomic E-state index is 13.0. The van der Waals surface area contributed by atoms with E-state index in [-0.39, 0.29) is 23.0 Å². The molecular weight excluding hydrogens is 415 g/mol. The van der Waals surface area contributed by atoms with Gasteiger partial charge in [0.1, 0.15) is 23.5 Å². The van der Waals surface area contributed by atoms with E-state index in [0.717, 1.165) is 25.3 Å². The Labute approximate surface area is 176 Å². The highest BCUT2D eigenvalue weighted by Gasteiger charge is 2.36. The fourth-order valence-electron chi connectivity index (χ4n) is 3.86. The summed E-state index contributed by atoms with van der Waals surface area (Å²) in [5, 5.41) is 22.2. The molecule has 1 aliphatic rings. The molecule has 2 N–H and O–H groups in total. The molecule has 0 unspecified atom stereocenters. The van der Waals surface area contributed by atoms with Crippen molar-refractivity contribution in [3.8, 4) is 22.8 Å². The number of rotatable bonds is 5. The van der Waals surface area contributed by atoms with Gasteiger partial charge in [0.2, 0.25) is 5.95 Å². The Balaban J connectivity index is 1.76. The summed E-state index contributed by atoms with van der Waals surface area (Å²) in [5.74, 6) is 0.0914. The molecule has 4 rings (SSSR count). The number of anilines is 1. The molecule has 8 nitrogen and oxygen atoms in total. The second-order valence-corrected chi connectivity index (χ2v) is 7.73. The topological polar surface area (TPSA) is 93.8 Å². The van der Waals surface area contributed by atoms with Crippen LogP contribution in [0.1, 0.15) is 32.6 Å². The van der Waals surface area contributed by atoms with E-state index >= 15 is 0 Å². The number of aromatic nitrogens is 4. The fourth-order valence-corrected chi connectivity index (χ4v) is 3.86. The number of nitrogens with zero attached hydrogens (tertiary/aromatic N) is 4. The van der Waals surface area contributed by atoms with Crippen LogP contribution in [0.2, 0.25) is 0 Å². The lowest BCUT2D eigenvalue weighted by Gasteiger charge is -2.37. The van der Waals surface area contributed by atoms with E-state index in [9.17, 15) is 18.3 Å². The minimum atomic E-state index is -4.89. The third-order valence-corrected chi connectivity index (χ3v) is 5.50. The Hall–Kier alpha value is -3.08. The number of halogens is 3. The fraction of sp³-hybridized carbons (Fsp3) is 0.450. The Kier molecular flexibility index (Phi) is 5.38. The molecule has 0 saturated heterocycles. The van der Waals surface area contributed by atoms with Gasteiger partial charge in [-0.1, -0.05) is 12.8 Å². The van der Waals surface area contributed by atoms with Crippen LogP contribution in [0.5, 0.6) is 11.5 Å². The average Bonchev–Trinajstić information content (AvgIpc) is 3.19. The van der Waals surface area contributed by atoms with Crippen molar-refractivity contribution in [3.05, 3.63) is 30.7 Å². The normalized spacial score (nSPS) is 21.8. The summed E-state index contributed by atoms with van der Waals surface area (Å²) in [7, 11) is 1.35. The van der Waals surface area contributed by atoms with Gasteiger partial charge in [-0.2, -0.15) is 0 Å². The van der Waals surface area contributed by atoms with Gasteiger partial charge in [0.25, 0.3) is 0 Å². The van der Waals surface area contributed by atoms with Gasteiger partial charge in [-0.05, 0) is 31.9 Å². The van der Waals surface area contributed by atoms with Gasteiger partial charge in [-0.15, -0.1) is 23.4 Å². The summed E-state index contributed by atoms with van der Waals surface area (Å²) in [6.07, 6.45) is 1.41. The molecule has 0 radical (unpaired) electrons. The smallest absolute Gasteiger partial charge is 0.497 e. The monoisotopic (exact) mass is 437 g/mol. The van der Waals surface area contributed by atoms with Crippen LogP contribution in [0.15, 0.2) is 30.7 Å². The van der Waals surface area contributed by atoms with Gasteiger partial charge in [0.15, 0.2) is 0 Å². The number of imidazole rings is 1. The van der Waals surface area contributed by atoms with Crippen LogP contribution < -0.4 is 14.8 Å². The lowest BCUT2D eigenvalue weighted by molar-refractivity contribution is -0.274. The van der Waals surface area contributed by atoms with Crippen molar-refractivity contribution in [2.24, 2.45) is 0 Å². The summed E-state index contributed by atoms with van der Waals surface area (Å²) >= 11 is 0. The van der Waals surface area contributed by atoms with E-state index in [1.165, 1.54) is 31.8 Å². The molecule has 0 bridgehead atoms. The largest absolute Gasteiger partial charge is 0.573 e. The number of methoxy groups -OCH3 is 1. The average molecular weight is 437 g/mol. The molecule has 2 atom stereocenters. The first-order valence-corrected chi connectivity index (χ1v) is 9.80. The van der Waals surface area contributed by atoms with E-state index in [0.29, 0.717) is 17.9 Å². The Morgan fingerprint density at radius 1 is 1.26 bits per heavy atom. The molecule has 1 saturated carbocycles. The number of hydrogen-bond acceptors (Lipinski definition) is 7. The van der Waals surface area contributed by atoms with Crippen LogP contribution in [-0.4, -0.2) is 49.8 Å². The van der Waals surface area contributed by atoms with Gasteiger partial charge in [0, 0.05) is 11.6 Å². The van der Waals surface area contributed by atoms with Crippen molar-refractivity contribution >= 4 is 11.5 Å². The SMILES string of the molecule is COc1ccc(-c2nnc(N[C@H]3CCCC[C@]3(C)O)n3cncc23)c(OC(F)(F)F)c1. The molecule has 1 fully saturated rings. The van der Waals surface area contributed by atoms with Gasteiger partial charge in [-0.3, -0.25) is 4.40 Å². The summed E-state index contributed by atoms with van der Waals surface area (Å²) in [6.45, 7) is 1.77. The highest BCUT2D eigenvalue weighted by Crippen LogP contribution is 2.38. The van der Waals surface area contributed by atoms with Crippen molar-refractivity contribution in [1.29, 1.82) is 0 Å². The lowest BCUT2D eigenvalue weighted by Crippen LogP contribution is -2.47. The number of benzene rings is 1. The number of ether oxygens (including phenoxy) is 2. The number of fused-ring (bicyclic) bond motifs is 1. The van der Waals surface area contributed by atoms with E-state index in [4.69, 9.17) is 4.74 Å². The summed E-state index contributed by atoms with van der Waals surface area (Å²) < 4.78 is 49.7. The van der Waals surface area contributed by atoms with Crippen LogP contribution >= 0.6 is 0 Å². The third-order valence-electron chi connectivity index (χ3n) is 5.50. The van der Waals surface area contributed by atoms with Crippen LogP contribution in [0, 0.1) is 0 Å². The maximum Gasteiger partial charge on any atom is 0.573 e. The van der Waals surface area contributed by atoms with Crippen LogP contribution in [0.3, 0.4) is 0 Å². The van der Waals surface area contributed by atoms with E-state index in [2.05, 4.69) is 25.2 Å². The minimum Gasteiger partial charge on any atom is -0.497 e. The highest BCUT2D eigenvalue weighted by molar-refractivity contribution is 5.81. The van der Waals surface area contributed by atoms with Crippen LogP contribution in [-0.2, 0) is 0 Å². The molecule has 1 aromatic carbocycles. The van der Waals surface area contributed by atoms with E-state index in [1.807, 2.05) is 0 Å². The molecule has 11 heteroatoms. The molecule has 166 valence electrons. The first-order chi connectivity index (χ1) is 14.7. The zero-order valence-electron chi connectivity index (χ0n) is 17.0. The summed E-state index contributed by atoms with van der Waals surface area (Å²) in [6, 6.07) is 3.84. The second-order valence-electron chi connectivity index (χ2n) is 7.73. The molecule has 0 spiro atoms. The molecule has 2 aromatic heterocycles. The molecule has 2 heterocycles. The van der Waals surface area contributed by atoms with Crippen molar-refractivity contribution < 1.29 is 27.8 Å². The van der Waals surface area contributed by atoms with Crippen LogP contribution in [0.25, 0.3) is 16.8 Å². The van der Waals surface area contributed by atoms with Crippen LogP contribution in [0.4, 0.5) is 19.1 Å². The maximum atomic E-state index is 13.0. The van der Waals surface area contributed by atoms with Crippen molar-refractivity contribution in [2.45, 2.75) is 50.6 Å². The summed E-state index contributed by atoms with van der Waals surface area (Å²) in [4.78, 5) is 4.11. The predicted octanol–water partition coefficient (Wildman–Crippen LogP) is 3.80. The predicted molar refractivity (Wildman–Crippen MR) is 106 cm³/mol. The number of hydrogen-bond donors (Lipinski definition) is 2. The van der Waals surface area contributed by atoms with Crippen molar-refractivity contribution in [1.82, 2.24) is 19.6 Å². The van der Waals surface area contributed by atoms with Gasteiger partial charge < -0.3 is 19.9 Å².